The van der Waals surface area contributed by atoms with Gasteiger partial charge in [0.1, 0.15) is 6.04 Å². The summed E-state index contributed by atoms with van der Waals surface area (Å²) < 4.78 is 1.02. The summed E-state index contributed by atoms with van der Waals surface area (Å²) in [5, 5.41) is 9.11. The molecule has 2 rings (SSSR count). The number of hydrogen-bond donors (Lipinski definition) is 1. The number of amides is 1. The van der Waals surface area contributed by atoms with Crippen LogP contribution in [0.2, 0.25) is 0 Å². The van der Waals surface area contributed by atoms with Crippen molar-refractivity contribution in [1.29, 1.82) is 0 Å². The van der Waals surface area contributed by atoms with Crippen molar-refractivity contribution in [3.63, 3.8) is 0 Å². The Kier molecular flexibility index (Phi) is 3.89. The molecular formula is C13H14INO3. The maximum absolute atomic E-state index is 12.4. The molecule has 5 heteroatoms. The third-order valence-electron chi connectivity index (χ3n) is 3.30. The first-order valence-electron chi connectivity index (χ1n) is 5.81. The van der Waals surface area contributed by atoms with Crippen molar-refractivity contribution in [3.05, 3.63) is 32.9 Å². The fourth-order valence-corrected chi connectivity index (χ4v) is 2.76. The highest BCUT2D eigenvalue weighted by Crippen LogP contribution is 2.23. The number of halogens is 1. The lowest BCUT2D eigenvalue weighted by Gasteiger charge is -2.22. The van der Waals surface area contributed by atoms with Crippen LogP contribution in [-0.2, 0) is 4.79 Å². The van der Waals surface area contributed by atoms with E-state index in [4.69, 9.17) is 5.11 Å². The van der Waals surface area contributed by atoms with Gasteiger partial charge in [-0.05, 0) is 60.1 Å². The van der Waals surface area contributed by atoms with Gasteiger partial charge in [-0.2, -0.15) is 0 Å². The zero-order chi connectivity index (χ0) is 13.3. The number of carboxylic acids is 1. The molecule has 1 aromatic carbocycles. The molecule has 1 aromatic rings. The molecule has 1 aliphatic rings. The molecule has 4 nitrogen and oxygen atoms in total. The number of rotatable bonds is 2. The summed E-state index contributed by atoms with van der Waals surface area (Å²) >= 11 is 2.18. The second-order valence-corrected chi connectivity index (χ2v) is 5.57. The predicted molar refractivity (Wildman–Crippen MR) is 75.6 cm³/mol. The summed E-state index contributed by atoms with van der Waals surface area (Å²) in [6.45, 7) is 2.42. The predicted octanol–water partition coefficient (Wildman–Crippen LogP) is 2.29. The van der Waals surface area contributed by atoms with E-state index in [1.807, 2.05) is 19.1 Å². The smallest absolute Gasteiger partial charge is 0.326 e. The molecule has 1 saturated heterocycles. The molecule has 96 valence electrons. The zero-order valence-electron chi connectivity index (χ0n) is 10.0. The highest BCUT2D eigenvalue weighted by Gasteiger charge is 2.34. The summed E-state index contributed by atoms with van der Waals surface area (Å²) in [5.41, 5.74) is 1.52. The van der Waals surface area contributed by atoms with E-state index < -0.39 is 12.0 Å². The van der Waals surface area contributed by atoms with E-state index in [2.05, 4.69) is 22.6 Å². The van der Waals surface area contributed by atoms with Gasteiger partial charge < -0.3 is 10.0 Å². The molecule has 1 heterocycles. The standard InChI is InChI=1S/C13H14INO3/c1-8-9(4-2-5-10(8)14)12(16)15-7-3-6-11(15)13(17)18/h2,4-5,11H,3,6-7H2,1H3,(H,17,18)/t11-/m0/s1. The third kappa shape index (κ3) is 2.36. The van der Waals surface area contributed by atoms with Gasteiger partial charge in [-0.1, -0.05) is 6.07 Å². The molecule has 0 radical (unpaired) electrons. The van der Waals surface area contributed by atoms with Gasteiger partial charge in [0.2, 0.25) is 0 Å². The lowest BCUT2D eigenvalue weighted by atomic mass is 10.1. The van der Waals surface area contributed by atoms with Crippen molar-refractivity contribution in [2.45, 2.75) is 25.8 Å². The topological polar surface area (TPSA) is 57.6 Å². The van der Waals surface area contributed by atoms with E-state index in [1.165, 1.54) is 4.90 Å². The van der Waals surface area contributed by atoms with Crippen LogP contribution in [0.1, 0.15) is 28.8 Å². The fraction of sp³-hybridized carbons (Fsp3) is 0.385. The molecule has 1 atom stereocenters. The van der Waals surface area contributed by atoms with Crippen molar-refractivity contribution in [1.82, 2.24) is 4.90 Å². The number of benzene rings is 1. The number of carboxylic acid groups (broad SMARTS) is 1. The first kappa shape index (κ1) is 13.3. The quantitative estimate of drug-likeness (QED) is 0.825. The molecule has 0 bridgehead atoms. The summed E-state index contributed by atoms with van der Waals surface area (Å²) in [6, 6.07) is 4.85. The summed E-state index contributed by atoms with van der Waals surface area (Å²) in [5.74, 6) is -1.08. The molecule has 1 aliphatic heterocycles. The molecule has 1 N–H and O–H groups in total. The van der Waals surface area contributed by atoms with Crippen molar-refractivity contribution >= 4 is 34.5 Å². The largest absolute Gasteiger partial charge is 0.480 e. The Morgan fingerprint density at radius 3 is 2.83 bits per heavy atom. The summed E-state index contributed by atoms with van der Waals surface area (Å²) in [4.78, 5) is 25.0. The Hall–Kier alpha value is -1.11. The van der Waals surface area contributed by atoms with Gasteiger partial charge in [0.05, 0.1) is 0 Å². The third-order valence-corrected chi connectivity index (χ3v) is 4.47. The van der Waals surface area contributed by atoms with Crippen LogP contribution in [0.4, 0.5) is 0 Å². The minimum atomic E-state index is -0.913. The van der Waals surface area contributed by atoms with Crippen LogP contribution in [0.25, 0.3) is 0 Å². The molecular weight excluding hydrogens is 345 g/mol. The van der Waals surface area contributed by atoms with Crippen molar-refractivity contribution in [2.24, 2.45) is 0 Å². The molecule has 1 fully saturated rings. The Bertz CT molecular complexity index is 501. The van der Waals surface area contributed by atoms with Gasteiger partial charge in [0, 0.05) is 15.7 Å². The van der Waals surface area contributed by atoms with Crippen LogP contribution >= 0.6 is 22.6 Å². The first-order valence-corrected chi connectivity index (χ1v) is 6.89. The number of carbonyl (C=O) groups excluding carboxylic acids is 1. The number of carbonyl (C=O) groups is 2. The van der Waals surface area contributed by atoms with Gasteiger partial charge >= 0.3 is 5.97 Å². The van der Waals surface area contributed by atoms with Crippen LogP contribution in [0.5, 0.6) is 0 Å². The normalized spacial score (nSPS) is 19.0. The fourth-order valence-electron chi connectivity index (χ4n) is 2.26. The molecule has 0 aromatic heterocycles. The van der Waals surface area contributed by atoms with Crippen LogP contribution in [0.3, 0.4) is 0 Å². The van der Waals surface area contributed by atoms with Gasteiger partial charge in [0.15, 0.2) is 0 Å². The molecule has 0 spiro atoms. The lowest BCUT2D eigenvalue weighted by molar-refractivity contribution is -0.141. The van der Waals surface area contributed by atoms with Gasteiger partial charge in [-0.15, -0.1) is 0 Å². The number of likely N-dealkylation sites (tertiary alicyclic amines) is 1. The average molecular weight is 359 g/mol. The minimum absolute atomic E-state index is 0.170. The second-order valence-electron chi connectivity index (χ2n) is 4.41. The van der Waals surface area contributed by atoms with E-state index in [9.17, 15) is 9.59 Å². The highest BCUT2D eigenvalue weighted by molar-refractivity contribution is 14.1. The second kappa shape index (κ2) is 5.26. The van der Waals surface area contributed by atoms with E-state index in [0.29, 0.717) is 18.5 Å². The average Bonchev–Trinajstić information content (AvgIpc) is 2.81. The van der Waals surface area contributed by atoms with Crippen molar-refractivity contribution in [3.8, 4) is 0 Å². The van der Waals surface area contributed by atoms with E-state index in [-0.39, 0.29) is 5.91 Å². The molecule has 0 aliphatic carbocycles. The highest BCUT2D eigenvalue weighted by atomic mass is 127. The first-order chi connectivity index (χ1) is 8.52. The minimum Gasteiger partial charge on any atom is -0.480 e. The Labute approximate surface area is 119 Å². The van der Waals surface area contributed by atoms with E-state index >= 15 is 0 Å². The van der Waals surface area contributed by atoms with E-state index in [0.717, 1.165) is 15.6 Å². The maximum atomic E-state index is 12.4. The zero-order valence-corrected chi connectivity index (χ0v) is 12.2. The molecule has 1 amide bonds. The Morgan fingerprint density at radius 2 is 2.17 bits per heavy atom. The van der Waals surface area contributed by atoms with Gasteiger partial charge in [-0.3, -0.25) is 4.79 Å². The van der Waals surface area contributed by atoms with Crippen LogP contribution < -0.4 is 0 Å². The van der Waals surface area contributed by atoms with Crippen molar-refractivity contribution in [2.75, 3.05) is 6.54 Å². The number of nitrogens with zero attached hydrogens (tertiary/aromatic N) is 1. The van der Waals surface area contributed by atoms with Crippen LogP contribution in [-0.4, -0.2) is 34.5 Å². The number of hydrogen-bond acceptors (Lipinski definition) is 2. The summed E-state index contributed by atoms with van der Waals surface area (Å²) in [7, 11) is 0. The summed E-state index contributed by atoms with van der Waals surface area (Å²) in [6.07, 6.45) is 1.30. The monoisotopic (exact) mass is 359 g/mol. The maximum Gasteiger partial charge on any atom is 0.326 e. The molecule has 0 unspecified atom stereocenters. The molecule has 0 saturated carbocycles. The van der Waals surface area contributed by atoms with E-state index in [1.54, 1.807) is 6.07 Å². The van der Waals surface area contributed by atoms with Crippen LogP contribution in [0, 0.1) is 10.5 Å². The van der Waals surface area contributed by atoms with Gasteiger partial charge in [0.25, 0.3) is 5.91 Å². The van der Waals surface area contributed by atoms with Crippen LogP contribution in [0.15, 0.2) is 18.2 Å². The lowest BCUT2D eigenvalue weighted by Crippen LogP contribution is -2.40. The Balaban J connectivity index is 2.31. The Morgan fingerprint density at radius 1 is 1.44 bits per heavy atom. The van der Waals surface area contributed by atoms with Gasteiger partial charge in [-0.25, -0.2) is 4.79 Å². The number of aliphatic carboxylic acids is 1. The van der Waals surface area contributed by atoms with Crippen molar-refractivity contribution < 1.29 is 14.7 Å². The SMILES string of the molecule is Cc1c(I)cccc1C(=O)N1CCC[C@H]1C(=O)O. The molecule has 18 heavy (non-hydrogen) atoms.